The summed E-state index contributed by atoms with van der Waals surface area (Å²) in [4.78, 5) is 6.44. The van der Waals surface area contributed by atoms with Gasteiger partial charge in [0.05, 0.1) is 12.7 Å². The minimum Gasteiger partial charge on any atom is -0.382 e. The average molecular weight is 301 g/mol. The van der Waals surface area contributed by atoms with E-state index in [1.165, 1.54) is 0 Å². The van der Waals surface area contributed by atoms with Gasteiger partial charge in [-0.3, -0.25) is 4.98 Å². The van der Waals surface area contributed by atoms with Crippen molar-refractivity contribution in [3.8, 4) is 0 Å². The molecular weight excluding hydrogens is 278 g/mol. The third-order valence-electron chi connectivity index (χ3n) is 4.23. The molecule has 1 aliphatic heterocycles. The van der Waals surface area contributed by atoms with Gasteiger partial charge in [0.25, 0.3) is 0 Å². The molecule has 1 aliphatic rings. The van der Waals surface area contributed by atoms with Crippen molar-refractivity contribution in [2.24, 2.45) is 0 Å². The zero-order chi connectivity index (χ0) is 15.7. The molecular formula is C16H23N5O. The first kappa shape index (κ1) is 15.0. The summed E-state index contributed by atoms with van der Waals surface area (Å²) >= 11 is 0. The van der Waals surface area contributed by atoms with Crippen LogP contribution in [0, 0.1) is 6.92 Å². The van der Waals surface area contributed by atoms with E-state index >= 15 is 0 Å². The topological polar surface area (TPSA) is 67.1 Å². The normalized spacial score (nSPS) is 22.3. The van der Waals surface area contributed by atoms with Gasteiger partial charge in [-0.25, -0.2) is 4.68 Å². The standard InChI is InChI=1S/C16H23N5O/c1-12(2)21-10-15(18-19-21)16(22)6-4-8-20(11-16)14-5-7-17-13(3)9-14/h5,7,9-10,12,22H,4,6,8,11H2,1-3H3/t16-/m1/s1. The lowest BCUT2D eigenvalue weighted by atomic mass is 9.89. The summed E-state index contributed by atoms with van der Waals surface area (Å²) in [7, 11) is 0. The highest BCUT2D eigenvalue weighted by Crippen LogP contribution is 2.32. The second kappa shape index (κ2) is 5.68. The third-order valence-corrected chi connectivity index (χ3v) is 4.23. The highest BCUT2D eigenvalue weighted by molar-refractivity contribution is 5.47. The predicted octanol–water partition coefficient (Wildman–Crippen LogP) is 2.05. The Kier molecular flexibility index (Phi) is 3.87. The maximum atomic E-state index is 11.1. The van der Waals surface area contributed by atoms with E-state index in [0.717, 1.165) is 24.3 Å². The number of hydrogen-bond acceptors (Lipinski definition) is 5. The van der Waals surface area contributed by atoms with Gasteiger partial charge in [-0.05, 0) is 45.7 Å². The van der Waals surface area contributed by atoms with Crippen molar-refractivity contribution >= 4 is 5.69 Å². The van der Waals surface area contributed by atoms with Crippen LogP contribution in [-0.4, -0.2) is 38.2 Å². The van der Waals surface area contributed by atoms with E-state index in [4.69, 9.17) is 0 Å². The van der Waals surface area contributed by atoms with Gasteiger partial charge in [-0.1, -0.05) is 5.21 Å². The number of pyridine rings is 1. The van der Waals surface area contributed by atoms with E-state index in [0.29, 0.717) is 18.7 Å². The minimum absolute atomic E-state index is 0.243. The van der Waals surface area contributed by atoms with Crippen molar-refractivity contribution in [2.45, 2.75) is 45.3 Å². The van der Waals surface area contributed by atoms with Crippen LogP contribution in [0.4, 0.5) is 5.69 Å². The summed E-state index contributed by atoms with van der Waals surface area (Å²) in [5, 5.41) is 19.4. The maximum Gasteiger partial charge on any atom is 0.127 e. The largest absolute Gasteiger partial charge is 0.382 e. The summed E-state index contributed by atoms with van der Waals surface area (Å²) in [6.45, 7) is 7.55. The van der Waals surface area contributed by atoms with E-state index in [1.54, 1.807) is 4.68 Å². The molecule has 0 aliphatic carbocycles. The zero-order valence-corrected chi connectivity index (χ0v) is 13.4. The number of rotatable bonds is 3. The molecule has 0 radical (unpaired) electrons. The third kappa shape index (κ3) is 2.83. The highest BCUT2D eigenvalue weighted by Gasteiger charge is 2.37. The van der Waals surface area contributed by atoms with E-state index in [-0.39, 0.29) is 6.04 Å². The molecule has 0 unspecified atom stereocenters. The van der Waals surface area contributed by atoms with Gasteiger partial charge in [0.2, 0.25) is 0 Å². The minimum atomic E-state index is -0.942. The van der Waals surface area contributed by atoms with Gasteiger partial charge in [-0.15, -0.1) is 5.10 Å². The van der Waals surface area contributed by atoms with Crippen LogP contribution < -0.4 is 4.90 Å². The van der Waals surface area contributed by atoms with E-state index in [9.17, 15) is 5.11 Å². The quantitative estimate of drug-likeness (QED) is 0.940. The maximum absolute atomic E-state index is 11.1. The van der Waals surface area contributed by atoms with Gasteiger partial charge in [0.1, 0.15) is 11.3 Å². The summed E-state index contributed by atoms with van der Waals surface area (Å²) in [6.07, 6.45) is 5.32. The molecule has 1 N–H and O–H groups in total. The van der Waals surface area contributed by atoms with Crippen LogP contribution in [-0.2, 0) is 5.60 Å². The molecule has 6 nitrogen and oxygen atoms in total. The molecule has 0 bridgehead atoms. The van der Waals surface area contributed by atoms with Crippen LogP contribution in [0.1, 0.15) is 44.1 Å². The Morgan fingerprint density at radius 1 is 1.36 bits per heavy atom. The van der Waals surface area contributed by atoms with E-state index in [2.05, 4.69) is 40.1 Å². The average Bonchev–Trinajstić information content (AvgIpc) is 2.98. The fraction of sp³-hybridized carbons (Fsp3) is 0.562. The monoisotopic (exact) mass is 301 g/mol. The molecule has 0 saturated carbocycles. The Hall–Kier alpha value is -1.95. The molecule has 22 heavy (non-hydrogen) atoms. The molecule has 118 valence electrons. The SMILES string of the molecule is Cc1cc(N2CCC[C@](O)(c3cn(C(C)C)nn3)C2)ccn1. The van der Waals surface area contributed by atoms with Gasteiger partial charge in [0, 0.05) is 30.2 Å². The Morgan fingerprint density at radius 3 is 2.86 bits per heavy atom. The first-order valence-corrected chi connectivity index (χ1v) is 7.80. The van der Waals surface area contributed by atoms with Crippen molar-refractivity contribution in [3.05, 3.63) is 35.9 Å². The molecule has 2 aromatic rings. The molecule has 2 aromatic heterocycles. The Balaban J connectivity index is 1.84. The number of nitrogens with zero attached hydrogens (tertiary/aromatic N) is 5. The van der Waals surface area contributed by atoms with Gasteiger partial charge in [0.15, 0.2) is 0 Å². The lowest BCUT2D eigenvalue weighted by molar-refractivity contribution is 0.0176. The molecule has 1 atom stereocenters. The predicted molar refractivity (Wildman–Crippen MR) is 84.7 cm³/mol. The van der Waals surface area contributed by atoms with Gasteiger partial charge in [-0.2, -0.15) is 0 Å². The van der Waals surface area contributed by atoms with Gasteiger partial charge < -0.3 is 10.0 Å². The molecule has 3 heterocycles. The molecule has 1 fully saturated rings. The number of aromatic nitrogens is 4. The summed E-state index contributed by atoms with van der Waals surface area (Å²) in [5.74, 6) is 0. The molecule has 1 saturated heterocycles. The van der Waals surface area contributed by atoms with Crippen molar-refractivity contribution in [3.63, 3.8) is 0 Å². The van der Waals surface area contributed by atoms with Crippen LogP contribution in [0.15, 0.2) is 24.5 Å². The lowest BCUT2D eigenvalue weighted by Gasteiger charge is -2.39. The zero-order valence-electron chi connectivity index (χ0n) is 13.4. The summed E-state index contributed by atoms with van der Waals surface area (Å²) in [5.41, 5.74) is 1.80. The smallest absolute Gasteiger partial charge is 0.127 e. The number of anilines is 1. The van der Waals surface area contributed by atoms with Crippen LogP contribution >= 0.6 is 0 Å². The first-order chi connectivity index (χ1) is 10.5. The number of β-amino-alcohol motifs (C(OH)–C–C–N with tert-alkyl or cyclic N) is 1. The van der Waals surface area contributed by atoms with Crippen molar-refractivity contribution in [1.82, 2.24) is 20.0 Å². The van der Waals surface area contributed by atoms with Crippen molar-refractivity contribution in [2.75, 3.05) is 18.0 Å². The molecule has 3 rings (SSSR count). The lowest BCUT2D eigenvalue weighted by Crippen LogP contribution is -2.46. The van der Waals surface area contributed by atoms with Crippen molar-refractivity contribution in [1.29, 1.82) is 0 Å². The molecule has 0 amide bonds. The number of piperidine rings is 1. The number of aryl methyl sites for hydroxylation is 1. The number of aliphatic hydroxyl groups is 1. The fourth-order valence-corrected chi connectivity index (χ4v) is 2.94. The summed E-state index contributed by atoms with van der Waals surface area (Å²) < 4.78 is 1.79. The highest BCUT2D eigenvalue weighted by atomic mass is 16.3. The first-order valence-electron chi connectivity index (χ1n) is 7.80. The van der Waals surface area contributed by atoms with Crippen LogP contribution in [0.25, 0.3) is 0 Å². The molecule has 0 spiro atoms. The molecule has 6 heteroatoms. The summed E-state index contributed by atoms with van der Waals surface area (Å²) in [6, 6.07) is 4.29. The Bertz CT molecular complexity index is 653. The van der Waals surface area contributed by atoms with Crippen molar-refractivity contribution < 1.29 is 5.11 Å². The fourth-order valence-electron chi connectivity index (χ4n) is 2.94. The van der Waals surface area contributed by atoms with E-state index in [1.807, 2.05) is 25.4 Å². The Morgan fingerprint density at radius 2 is 2.18 bits per heavy atom. The molecule has 0 aromatic carbocycles. The second-order valence-electron chi connectivity index (χ2n) is 6.39. The Labute approximate surface area is 130 Å². The second-order valence-corrected chi connectivity index (χ2v) is 6.39. The van der Waals surface area contributed by atoms with Crippen LogP contribution in [0.5, 0.6) is 0 Å². The van der Waals surface area contributed by atoms with E-state index < -0.39 is 5.60 Å². The van der Waals surface area contributed by atoms with Crippen LogP contribution in [0.3, 0.4) is 0 Å². The van der Waals surface area contributed by atoms with Crippen LogP contribution in [0.2, 0.25) is 0 Å². The number of hydrogen-bond donors (Lipinski definition) is 1. The van der Waals surface area contributed by atoms with Gasteiger partial charge >= 0.3 is 0 Å².